The van der Waals surface area contributed by atoms with Crippen LogP contribution in [0.5, 0.6) is 0 Å². The van der Waals surface area contributed by atoms with Crippen LogP contribution in [0.1, 0.15) is 44.3 Å². The minimum Gasteiger partial charge on any atom is -0.321 e. The van der Waals surface area contributed by atoms with Crippen LogP contribution in [-0.4, -0.2) is 39.9 Å². The predicted molar refractivity (Wildman–Crippen MR) is 79.5 cm³/mol. The van der Waals surface area contributed by atoms with Gasteiger partial charge in [-0.3, -0.25) is 0 Å². The smallest absolute Gasteiger partial charge is 0.133 e. The number of aromatic nitrogens is 3. The summed E-state index contributed by atoms with van der Waals surface area (Å²) in [7, 11) is 2.02. The monoisotopic (exact) mass is 277 g/mol. The van der Waals surface area contributed by atoms with E-state index in [1.54, 1.807) is 6.33 Å². The molecule has 0 radical (unpaired) electrons. The molecule has 3 atom stereocenters. The molecule has 0 spiro atoms. The van der Waals surface area contributed by atoms with Gasteiger partial charge < -0.3 is 15.2 Å². The van der Waals surface area contributed by atoms with Crippen molar-refractivity contribution in [3.05, 3.63) is 12.2 Å². The molecule has 3 rings (SSSR count). The van der Waals surface area contributed by atoms with Crippen molar-refractivity contribution in [2.75, 3.05) is 13.1 Å². The summed E-state index contributed by atoms with van der Waals surface area (Å²) in [4.78, 5) is 0. The fourth-order valence-electron chi connectivity index (χ4n) is 3.87. The van der Waals surface area contributed by atoms with E-state index in [2.05, 4.69) is 20.8 Å². The van der Waals surface area contributed by atoms with Crippen molar-refractivity contribution in [1.82, 2.24) is 25.4 Å². The van der Waals surface area contributed by atoms with Crippen molar-refractivity contribution in [2.45, 2.75) is 57.0 Å². The molecule has 2 N–H and O–H groups in total. The summed E-state index contributed by atoms with van der Waals surface area (Å²) in [5, 5.41) is 15.6. The van der Waals surface area contributed by atoms with Crippen molar-refractivity contribution >= 4 is 0 Å². The summed E-state index contributed by atoms with van der Waals surface area (Å²) in [5.41, 5.74) is 0. The zero-order chi connectivity index (χ0) is 13.8. The Balaban J connectivity index is 1.50. The Morgan fingerprint density at radius 2 is 2.20 bits per heavy atom. The van der Waals surface area contributed by atoms with Crippen LogP contribution in [0, 0.1) is 5.92 Å². The zero-order valence-corrected chi connectivity index (χ0v) is 12.5. The molecule has 1 aromatic rings. The van der Waals surface area contributed by atoms with Gasteiger partial charge in [0.2, 0.25) is 0 Å². The van der Waals surface area contributed by atoms with Crippen molar-refractivity contribution in [2.24, 2.45) is 13.0 Å². The van der Waals surface area contributed by atoms with Gasteiger partial charge in [0.15, 0.2) is 0 Å². The van der Waals surface area contributed by atoms with E-state index in [-0.39, 0.29) is 0 Å². The maximum absolute atomic E-state index is 4.16. The lowest BCUT2D eigenvalue weighted by Crippen LogP contribution is -2.47. The van der Waals surface area contributed by atoms with Crippen LogP contribution in [0.3, 0.4) is 0 Å². The van der Waals surface area contributed by atoms with Crippen LogP contribution in [0.15, 0.2) is 6.33 Å². The first-order chi connectivity index (χ1) is 9.84. The lowest BCUT2D eigenvalue weighted by Gasteiger charge is -2.36. The normalized spacial score (nSPS) is 30.8. The molecule has 1 aliphatic carbocycles. The number of nitrogens with zero attached hydrogens (tertiary/aromatic N) is 3. The van der Waals surface area contributed by atoms with Gasteiger partial charge in [0.1, 0.15) is 12.2 Å². The lowest BCUT2D eigenvalue weighted by atomic mass is 9.79. The van der Waals surface area contributed by atoms with Crippen LogP contribution in [0.25, 0.3) is 0 Å². The molecule has 0 bridgehead atoms. The Hall–Kier alpha value is -0.940. The van der Waals surface area contributed by atoms with E-state index in [9.17, 15) is 0 Å². The lowest BCUT2D eigenvalue weighted by molar-refractivity contribution is 0.215. The van der Waals surface area contributed by atoms with Crippen LogP contribution in [0.2, 0.25) is 0 Å². The molecular weight excluding hydrogens is 250 g/mol. The minimum absolute atomic E-state index is 0.688. The molecule has 2 aliphatic rings. The summed E-state index contributed by atoms with van der Waals surface area (Å²) in [6, 6.07) is 1.44. The van der Waals surface area contributed by atoms with Crippen LogP contribution in [0.4, 0.5) is 0 Å². The SMILES string of the molecule is Cn1cnnc1CCNC1CCCCC1C1CCCN1. The van der Waals surface area contributed by atoms with E-state index in [1.807, 2.05) is 11.6 Å². The topological polar surface area (TPSA) is 54.8 Å². The maximum atomic E-state index is 4.16. The van der Waals surface area contributed by atoms with Gasteiger partial charge in [-0.2, -0.15) is 0 Å². The van der Waals surface area contributed by atoms with Crippen molar-refractivity contribution in [3.63, 3.8) is 0 Å². The van der Waals surface area contributed by atoms with Crippen molar-refractivity contribution in [1.29, 1.82) is 0 Å². The van der Waals surface area contributed by atoms with Gasteiger partial charge in [-0.25, -0.2) is 0 Å². The van der Waals surface area contributed by atoms with Gasteiger partial charge in [-0.1, -0.05) is 12.8 Å². The summed E-state index contributed by atoms with van der Waals surface area (Å²) >= 11 is 0. The standard InChI is InChI=1S/C15H27N5/c1-20-11-18-19-15(20)8-10-17-13-6-3-2-5-12(13)14-7-4-9-16-14/h11-14,16-17H,2-10H2,1H3. The summed E-state index contributed by atoms with van der Waals surface area (Å²) in [5.74, 6) is 1.90. The van der Waals surface area contributed by atoms with Gasteiger partial charge >= 0.3 is 0 Å². The molecule has 2 fully saturated rings. The van der Waals surface area contributed by atoms with Crippen LogP contribution in [-0.2, 0) is 13.5 Å². The molecule has 1 aromatic heterocycles. The first-order valence-corrected chi connectivity index (χ1v) is 8.14. The number of hydrogen-bond acceptors (Lipinski definition) is 4. The highest BCUT2D eigenvalue weighted by Gasteiger charge is 2.32. The van der Waals surface area contributed by atoms with E-state index in [0.29, 0.717) is 6.04 Å². The van der Waals surface area contributed by atoms with Crippen molar-refractivity contribution < 1.29 is 0 Å². The van der Waals surface area contributed by atoms with Crippen LogP contribution < -0.4 is 10.6 Å². The molecule has 1 saturated carbocycles. The Bertz CT molecular complexity index is 410. The molecule has 0 amide bonds. The van der Waals surface area contributed by atoms with Gasteiger partial charge in [0.05, 0.1) is 0 Å². The first-order valence-electron chi connectivity index (χ1n) is 8.14. The highest BCUT2D eigenvalue weighted by molar-refractivity contribution is 4.92. The average Bonchev–Trinajstić information content (AvgIpc) is 3.12. The third-order valence-electron chi connectivity index (χ3n) is 4.99. The van der Waals surface area contributed by atoms with E-state index >= 15 is 0 Å². The fraction of sp³-hybridized carbons (Fsp3) is 0.867. The maximum Gasteiger partial charge on any atom is 0.133 e. The number of nitrogens with one attached hydrogen (secondary N) is 2. The fourth-order valence-corrected chi connectivity index (χ4v) is 3.87. The van der Waals surface area contributed by atoms with Crippen molar-refractivity contribution in [3.8, 4) is 0 Å². The van der Waals surface area contributed by atoms with Gasteiger partial charge in [0, 0.05) is 32.1 Å². The Morgan fingerprint density at radius 3 is 2.95 bits per heavy atom. The summed E-state index contributed by atoms with van der Waals surface area (Å²) in [6.07, 6.45) is 11.0. The Morgan fingerprint density at radius 1 is 1.30 bits per heavy atom. The summed E-state index contributed by atoms with van der Waals surface area (Å²) < 4.78 is 2.01. The number of rotatable bonds is 5. The molecule has 5 nitrogen and oxygen atoms in total. The molecule has 1 aliphatic heterocycles. The Labute approximate surface area is 121 Å². The second-order valence-corrected chi connectivity index (χ2v) is 6.32. The molecule has 3 unspecified atom stereocenters. The highest BCUT2D eigenvalue weighted by Crippen LogP contribution is 2.30. The zero-order valence-electron chi connectivity index (χ0n) is 12.5. The third kappa shape index (κ3) is 3.20. The molecule has 1 saturated heterocycles. The van der Waals surface area contributed by atoms with Gasteiger partial charge in [-0.15, -0.1) is 10.2 Å². The van der Waals surface area contributed by atoms with E-state index in [1.165, 1.54) is 45.1 Å². The highest BCUT2D eigenvalue weighted by atomic mass is 15.2. The van der Waals surface area contributed by atoms with E-state index < -0.39 is 0 Å². The number of aryl methyl sites for hydroxylation is 1. The Kier molecular flexibility index (Phi) is 4.68. The predicted octanol–water partition coefficient (Wildman–Crippen LogP) is 1.26. The molecule has 2 heterocycles. The van der Waals surface area contributed by atoms with Crippen LogP contribution >= 0.6 is 0 Å². The average molecular weight is 277 g/mol. The number of hydrogen-bond donors (Lipinski definition) is 2. The third-order valence-corrected chi connectivity index (χ3v) is 4.99. The molecule has 112 valence electrons. The first kappa shape index (κ1) is 14.0. The van der Waals surface area contributed by atoms with E-state index in [0.717, 1.165) is 30.7 Å². The molecule has 0 aromatic carbocycles. The minimum atomic E-state index is 0.688. The second-order valence-electron chi connectivity index (χ2n) is 6.32. The second kappa shape index (κ2) is 6.68. The van der Waals surface area contributed by atoms with Gasteiger partial charge in [0.25, 0.3) is 0 Å². The molecular formula is C15H27N5. The largest absolute Gasteiger partial charge is 0.321 e. The van der Waals surface area contributed by atoms with E-state index in [4.69, 9.17) is 0 Å². The quantitative estimate of drug-likeness (QED) is 0.851. The van der Waals surface area contributed by atoms with Gasteiger partial charge in [-0.05, 0) is 38.1 Å². The molecule has 5 heteroatoms. The molecule has 20 heavy (non-hydrogen) atoms. The summed E-state index contributed by atoms with van der Waals surface area (Å²) in [6.45, 7) is 2.23.